The van der Waals surface area contributed by atoms with Gasteiger partial charge in [-0.15, -0.1) is 0 Å². The molecule has 146 valence electrons. The number of benzene rings is 1. The summed E-state index contributed by atoms with van der Waals surface area (Å²) in [5.41, 5.74) is 0.886. The first-order valence-corrected chi connectivity index (χ1v) is 9.98. The molecule has 0 spiro atoms. The summed E-state index contributed by atoms with van der Waals surface area (Å²) in [7, 11) is -2.19. The standard InChI is InChI=1S/C18H22N2O6S/c1-13(14-3-5-15(24-2)6-4-14)19-18(21)16-7-8-17(26-16)27(22,23)20-9-11-25-12-10-20/h3-8,13H,9-12H2,1-2H3,(H,19,21). The maximum atomic E-state index is 12.6. The lowest BCUT2D eigenvalue weighted by Crippen LogP contribution is -2.40. The summed E-state index contributed by atoms with van der Waals surface area (Å²) in [5.74, 6) is 0.185. The van der Waals surface area contributed by atoms with Gasteiger partial charge in [0, 0.05) is 13.1 Å². The normalized spacial score (nSPS) is 16.7. The number of hydrogen-bond donors (Lipinski definition) is 1. The van der Waals surface area contributed by atoms with Gasteiger partial charge in [-0.2, -0.15) is 4.31 Å². The zero-order chi connectivity index (χ0) is 19.4. The molecular weight excluding hydrogens is 372 g/mol. The summed E-state index contributed by atoms with van der Waals surface area (Å²) in [6.45, 7) is 3.03. The molecule has 8 nitrogen and oxygen atoms in total. The number of methoxy groups -OCH3 is 1. The Morgan fingerprint density at radius 3 is 2.44 bits per heavy atom. The second-order valence-electron chi connectivity index (χ2n) is 6.10. The van der Waals surface area contributed by atoms with Gasteiger partial charge in [-0.3, -0.25) is 4.79 Å². The minimum Gasteiger partial charge on any atom is -0.497 e. The fourth-order valence-electron chi connectivity index (χ4n) is 2.74. The van der Waals surface area contributed by atoms with Crippen LogP contribution in [0.5, 0.6) is 5.75 Å². The third-order valence-corrected chi connectivity index (χ3v) is 6.11. The minimum atomic E-state index is -3.77. The molecule has 1 unspecified atom stereocenters. The van der Waals surface area contributed by atoms with Crippen LogP contribution in [0.25, 0.3) is 0 Å². The number of amides is 1. The molecule has 1 amide bonds. The zero-order valence-corrected chi connectivity index (χ0v) is 16.0. The maximum Gasteiger partial charge on any atom is 0.287 e. The Kier molecular flexibility index (Phi) is 5.83. The highest BCUT2D eigenvalue weighted by molar-refractivity contribution is 7.89. The second-order valence-corrected chi connectivity index (χ2v) is 7.97. The molecule has 1 aromatic heterocycles. The van der Waals surface area contributed by atoms with E-state index in [0.29, 0.717) is 13.2 Å². The van der Waals surface area contributed by atoms with Crippen LogP contribution in [0, 0.1) is 0 Å². The average molecular weight is 394 g/mol. The van der Waals surface area contributed by atoms with Gasteiger partial charge in [0.15, 0.2) is 5.76 Å². The Labute approximate surface area is 158 Å². The topological polar surface area (TPSA) is 98.1 Å². The van der Waals surface area contributed by atoms with Crippen LogP contribution >= 0.6 is 0 Å². The molecule has 1 fully saturated rings. The molecule has 1 aliphatic rings. The Hall–Kier alpha value is -2.36. The predicted molar refractivity (Wildman–Crippen MR) is 97.2 cm³/mol. The van der Waals surface area contributed by atoms with Crippen LogP contribution < -0.4 is 10.1 Å². The number of hydrogen-bond acceptors (Lipinski definition) is 6. The Morgan fingerprint density at radius 2 is 1.81 bits per heavy atom. The molecule has 0 saturated carbocycles. The average Bonchev–Trinajstić information content (AvgIpc) is 3.20. The monoisotopic (exact) mass is 394 g/mol. The summed E-state index contributed by atoms with van der Waals surface area (Å²) in [5, 5.41) is 2.55. The minimum absolute atomic E-state index is 0.0535. The quantitative estimate of drug-likeness (QED) is 0.802. The van der Waals surface area contributed by atoms with Crippen molar-refractivity contribution in [3.05, 3.63) is 47.7 Å². The first kappa shape index (κ1) is 19.4. The molecule has 1 aromatic carbocycles. The van der Waals surface area contributed by atoms with E-state index in [0.717, 1.165) is 11.3 Å². The number of carbonyl (C=O) groups excluding carboxylic acids is 1. The van der Waals surface area contributed by atoms with E-state index in [2.05, 4.69) is 5.32 Å². The molecule has 2 aromatic rings. The largest absolute Gasteiger partial charge is 0.497 e. The van der Waals surface area contributed by atoms with Crippen molar-refractivity contribution in [1.29, 1.82) is 0 Å². The highest BCUT2D eigenvalue weighted by Crippen LogP contribution is 2.21. The van der Waals surface area contributed by atoms with Crippen molar-refractivity contribution in [3.8, 4) is 5.75 Å². The number of sulfonamides is 1. The zero-order valence-electron chi connectivity index (χ0n) is 15.2. The van der Waals surface area contributed by atoms with Crippen LogP contribution in [0.4, 0.5) is 0 Å². The fraction of sp³-hybridized carbons (Fsp3) is 0.389. The second kappa shape index (κ2) is 8.12. The van der Waals surface area contributed by atoms with Crippen molar-refractivity contribution in [3.63, 3.8) is 0 Å². The molecule has 27 heavy (non-hydrogen) atoms. The third kappa shape index (κ3) is 4.32. The molecular formula is C18H22N2O6S. The smallest absolute Gasteiger partial charge is 0.287 e. The summed E-state index contributed by atoms with van der Waals surface area (Å²) < 4.78 is 42.0. The molecule has 0 bridgehead atoms. The number of carbonyl (C=O) groups is 1. The number of rotatable bonds is 6. The first-order chi connectivity index (χ1) is 12.9. The Morgan fingerprint density at radius 1 is 1.15 bits per heavy atom. The lowest BCUT2D eigenvalue weighted by Gasteiger charge is -2.24. The van der Waals surface area contributed by atoms with Crippen LogP contribution in [-0.4, -0.2) is 52.0 Å². The van der Waals surface area contributed by atoms with Crippen LogP contribution in [0.3, 0.4) is 0 Å². The third-order valence-electron chi connectivity index (χ3n) is 4.33. The molecule has 1 N–H and O–H groups in total. The van der Waals surface area contributed by atoms with Crippen molar-refractivity contribution in [2.45, 2.75) is 18.1 Å². The molecule has 0 radical (unpaired) electrons. The Balaban J connectivity index is 1.68. The van der Waals surface area contributed by atoms with Crippen molar-refractivity contribution in [2.75, 3.05) is 33.4 Å². The van der Waals surface area contributed by atoms with Crippen LogP contribution in [-0.2, 0) is 14.8 Å². The van der Waals surface area contributed by atoms with Crippen molar-refractivity contribution in [1.82, 2.24) is 9.62 Å². The number of morpholine rings is 1. The van der Waals surface area contributed by atoms with Crippen molar-refractivity contribution >= 4 is 15.9 Å². The number of furan rings is 1. The molecule has 9 heteroatoms. The summed E-state index contributed by atoms with van der Waals surface area (Å²) >= 11 is 0. The molecule has 3 rings (SSSR count). The number of nitrogens with zero attached hydrogens (tertiary/aromatic N) is 1. The Bertz CT molecular complexity index is 885. The van der Waals surface area contributed by atoms with E-state index >= 15 is 0 Å². The fourth-order valence-corrected chi connectivity index (χ4v) is 4.06. The van der Waals surface area contributed by atoms with Crippen molar-refractivity contribution in [2.24, 2.45) is 0 Å². The van der Waals surface area contributed by atoms with Crippen LogP contribution in [0.2, 0.25) is 0 Å². The van der Waals surface area contributed by atoms with Crippen LogP contribution in [0.1, 0.15) is 29.1 Å². The van der Waals surface area contributed by atoms with Gasteiger partial charge < -0.3 is 19.2 Å². The maximum absolute atomic E-state index is 12.6. The summed E-state index contributed by atoms with van der Waals surface area (Å²) in [6.07, 6.45) is 0. The van der Waals surface area contributed by atoms with E-state index in [4.69, 9.17) is 13.9 Å². The van der Waals surface area contributed by atoms with Gasteiger partial charge in [0.25, 0.3) is 15.9 Å². The molecule has 0 aliphatic carbocycles. The number of ether oxygens (including phenoxy) is 2. The van der Waals surface area contributed by atoms with E-state index in [1.165, 1.54) is 16.4 Å². The molecule has 1 aliphatic heterocycles. The summed E-state index contributed by atoms with van der Waals surface area (Å²) in [4.78, 5) is 12.4. The molecule has 1 saturated heterocycles. The van der Waals surface area contributed by atoms with Crippen molar-refractivity contribution < 1.29 is 27.1 Å². The van der Waals surface area contributed by atoms with Gasteiger partial charge in [0.2, 0.25) is 5.09 Å². The van der Waals surface area contributed by atoms with Gasteiger partial charge in [-0.1, -0.05) is 12.1 Å². The molecule has 2 heterocycles. The van der Waals surface area contributed by atoms with Gasteiger partial charge >= 0.3 is 0 Å². The summed E-state index contributed by atoms with van der Waals surface area (Å²) in [6, 6.07) is 9.69. The lowest BCUT2D eigenvalue weighted by atomic mass is 10.1. The van der Waals surface area contributed by atoms with Gasteiger partial charge in [-0.25, -0.2) is 8.42 Å². The molecule has 1 atom stereocenters. The van der Waals surface area contributed by atoms with Crippen LogP contribution in [0.15, 0.2) is 45.9 Å². The predicted octanol–water partition coefficient (Wildman–Crippen LogP) is 1.80. The first-order valence-electron chi connectivity index (χ1n) is 8.54. The van der Waals surface area contributed by atoms with Gasteiger partial charge in [0.1, 0.15) is 5.75 Å². The highest BCUT2D eigenvalue weighted by Gasteiger charge is 2.30. The van der Waals surface area contributed by atoms with Gasteiger partial charge in [0.05, 0.1) is 26.4 Å². The van der Waals surface area contributed by atoms with Gasteiger partial charge in [-0.05, 0) is 36.8 Å². The van der Waals surface area contributed by atoms with E-state index in [9.17, 15) is 13.2 Å². The van der Waals surface area contributed by atoms with E-state index in [1.54, 1.807) is 19.2 Å². The lowest BCUT2D eigenvalue weighted by molar-refractivity contribution is 0.0722. The SMILES string of the molecule is COc1ccc(C(C)NC(=O)c2ccc(S(=O)(=O)N3CCOCC3)o2)cc1. The van der Waals surface area contributed by atoms with E-state index in [-0.39, 0.29) is 30.0 Å². The highest BCUT2D eigenvalue weighted by atomic mass is 32.2. The van der Waals surface area contributed by atoms with E-state index < -0.39 is 15.9 Å². The van der Waals surface area contributed by atoms with E-state index in [1.807, 2.05) is 19.1 Å². The number of nitrogens with one attached hydrogen (secondary N) is 1.